The summed E-state index contributed by atoms with van der Waals surface area (Å²) >= 11 is 0. The van der Waals surface area contributed by atoms with Crippen LogP contribution >= 0.6 is 0 Å². The minimum Gasteiger partial charge on any atom is -0.305 e. The topological polar surface area (TPSA) is 58.6 Å². The van der Waals surface area contributed by atoms with Crippen LogP contribution in [0.2, 0.25) is 0 Å². The van der Waals surface area contributed by atoms with Crippen molar-refractivity contribution < 1.29 is 0 Å². The van der Waals surface area contributed by atoms with E-state index in [1.807, 2.05) is 19.1 Å². The maximum Gasteiger partial charge on any atom is 0.251 e. The van der Waals surface area contributed by atoms with Crippen LogP contribution in [-0.4, -0.2) is 15.0 Å². The average molecular weight is 201 g/mol. The zero-order chi connectivity index (χ0) is 10.8. The van der Waals surface area contributed by atoms with Gasteiger partial charge in [-0.3, -0.25) is 9.78 Å². The van der Waals surface area contributed by atoms with Crippen molar-refractivity contribution in [2.24, 2.45) is 0 Å². The van der Waals surface area contributed by atoms with Crippen LogP contribution < -0.4 is 5.56 Å². The maximum atomic E-state index is 11.2. The Morgan fingerprint density at radius 3 is 2.73 bits per heavy atom. The Kier molecular flexibility index (Phi) is 2.33. The molecule has 0 bridgehead atoms. The highest BCUT2D eigenvalue weighted by Crippen LogP contribution is 2.11. The Labute approximate surface area is 87.0 Å². The van der Waals surface area contributed by atoms with Gasteiger partial charge in [0.1, 0.15) is 5.69 Å². The number of hydrogen-bond acceptors (Lipinski definition) is 3. The number of rotatable bonds is 1. The van der Waals surface area contributed by atoms with Crippen LogP contribution in [-0.2, 0) is 0 Å². The van der Waals surface area contributed by atoms with Gasteiger partial charge in [0.2, 0.25) is 0 Å². The summed E-state index contributed by atoms with van der Waals surface area (Å²) in [6.45, 7) is 3.76. The molecule has 1 N–H and O–H groups in total. The van der Waals surface area contributed by atoms with Gasteiger partial charge >= 0.3 is 0 Å². The van der Waals surface area contributed by atoms with E-state index in [-0.39, 0.29) is 5.56 Å². The van der Waals surface area contributed by atoms with E-state index in [4.69, 9.17) is 0 Å². The Hall–Kier alpha value is -1.97. The van der Waals surface area contributed by atoms with Gasteiger partial charge in [-0.05, 0) is 31.5 Å². The molecular weight excluding hydrogens is 190 g/mol. The number of nitrogens with one attached hydrogen (secondary N) is 1. The lowest BCUT2D eigenvalue weighted by Crippen LogP contribution is -2.09. The van der Waals surface area contributed by atoms with Gasteiger partial charge in [-0.2, -0.15) is 0 Å². The number of pyridine rings is 1. The minimum atomic E-state index is -0.152. The molecule has 4 heteroatoms. The van der Waals surface area contributed by atoms with E-state index in [9.17, 15) is 4.79 Å². The van der Waals surface area contributed by atoms with Crippen molar-refractivity contribution in [1.82, 2.24) is 15.0 Å². The summed E-state index contributed by atoms with van der Waals surface area (Å²) in [6, 6.07) is 5.24. The van der Waals surface area contributed by atoms with Gasteiger partial charge in [-0.25, -0.2) is 4.98 Å². The normalized spacial score (nSPS) is 10.3. The van der Waals surface area contributed by atoms with E-state index < -0.39 is 0 Å². The molecule has 2 heterocycles. The molecule has 2 aromatic rings. The van der Waals surface area contributed by atoms with Crippen LogP contribution in [0.4, 0.5) is 0 Å². The zero-order valence-corrected chi connectivity index (χ0v) is 8.61. The van der Waals surface area contributed by atoms with Crippen molar-refractivity contribution in [3.8, 4) is 11.5 Å². The van der Waals surface area contributed by atoms with Gasteiger partial charge in [0.15, 0.2) is 5.82 Å². The summed E-state index contributed by atoms with van der Waals surface area (Å²) in [7, 11) is 0. The molecule has 0 aliphatic carbocycles. The van der Waals surface area contributed by atoms with Crippen LogP contribution in [0.1, 0.15) is 11.3 Å². The third kappa shape index (κ3) is 2.10. The van der Waals surface area contributed by atoms with E-state index in [1.54, 1.807) is 13.1 Å². The van der Waals surface area contributed by atoms with Gasteiger partial charge in [-0.15, -0.1) is 0 Å². The lowest BCUT2D eigenvalue weighted by Gasteiger charge is -2.01. The lowest BCUT2D eigenvalue weighted by molar-refractivity contribution is 1.05. The van der Waals surface area contributed by atoms with Crippen LogP contribution in [0.15, 0.2) is 29.2 Å². The molecule has 2 rings (SSSR count). The molecule has 4 nitrogen and oxygen atoms in total. The van der Waals surface area contributed by atoms with E-state index in [0.717, 1.165) is 5.56 Å². The van der Waals surface area contributed by atoms with Crippen LogP contribution in [0.5, 0.6) is 0 Å². The third-order valence-electron chi connectivity index (χ3n) is 2.03. The van der Waals surface area contributed by atoms with Crippen molar-refractivity contribution in [2.75, 3.05) is 0 Å². The number of aryl methyl sites for hydroxylation is 2. The summed E-state index contributed by atoms with van der Waals surface area (Å²) in [5.74, 6) is 0.517. The molecule has 76 valence electrons. The van der Waals surface area contributed by atoms with Crippen molar-refractivity contribution in [1.29, 1.82) is 0 Å². The van der Waals surface area contributed by atoms with E-state index in [1.165, 1.54) is 6.07 Å². The van der Waals surface area contributed by atoms with Gasteiger partial charge in [-0.1, -0.05) is 0 Å². The fourth-order valence-electron chi connectivity index (χ4n) is 1.37. The summed E-state index contributed by atoms with van der Waals surface area (Å²) in [5, 5.41) is 0. The predicted octanol–water partition coefficient (Wildman–Crippen LogP) is 1.45. The molecule has 0 aliphatic heterocycles. The number of H-pyrrole nitrogens is 1. The first-order valence-electron chi connectivity index (χ1n) is 4.66. The van der Waals surface area contributed by atoms with E-state index >= 15 is 0 Å². The Bertz CT molecular complexity index is 546. The molecule has 0 aromatic carbocycles. The first-order valence-corrected chi connectivity index (χ1v) is 4.66. The van der Waals surface area contributed by atoms with Gasteiger partial charge in [0.25, 0.3) is 5.56 Å². The van der Waals surface area contributed by atoms with Crippen molar-refractivity contribution >= 4 is 0 Å². The van der Waals surface area contributed by atoms with E-state index in [2.05, 4.69) is 15.0 Å². The number of aromatic nitrogens is 3. The van der Waals surface area contributed by atoms with Gasteiger partial charge in [0.05, 0.1) is 0 Å². The lowest BCUT2D eigenvalue weighted by atomic mass is 10.2. The molecule has 0 radical (unpaired) electrons. The predicted molar refractivity (Wildman–Crippen MR) is 57.6 cm³/mol. The standard InChI is InChI=1S/C11H11N3O/c1-7-3-4-12-9(5-7)11-13-8(2)6-10(15)14-11/h3-6H,1-2H3,(H,13,14,15). The fourth-order valence-corrected chi connectivity index (χ4v) is 1.37. The molecular formula is C11H11N3O. The molecule has 0 aliphatic rings. The quantitative estimate of drug-likeness (QED) is 0.759. The highest BCUT2D eigenvalue weighted by atomic mass is 16.1. The fraction of sp³-hybridized carbons (Fsp3) is 0.182. The second kappa shape index (κ2) is 3.65. The Morgan fingerprint density at radius 1 is 1.27 bits per heavy atom. The summed E-state index contributed by atoms with van der Waals surface area (Å²) in [4.78, 5) is 22.3. The molecule has 0 unspecified atom stereocenters. The highest BCUT2D eigenvalue weighted by Gasteiger charge is 2.02. The first-order chi connectivity index (χ1) is 7.15. The number of hydrogen-bond donors (Lipinski definition) is 1. The SMILES string of the molecule is Cc1ccnc(-c2nc(C)cc(=O)[nH]2)c1. The monoisotopic (exact) mass is 201 g/mol. The molecule has 0 amide bonds. The van der Waals surface area contributed by atoms with E-state index in [0.29, 0.717) is 17.2 Å². The van der Waals surface area contributed by atoms with Crippen LogP contribution in [0.25, 0.3) is 11.5 Å². The largest absolute Gasteiger partial charge is 0.305 e. The minimum absolute atomic E-state index is 0.152. The summed E-state index contributed by atoms with van der Waals surface area (Å²) in [5.41, 5.74) is 2.32. The van der Waals surface area contributed by atoms with Crippen molar-refractivity contribution in [3.63, 3.8) is 0 Å². The number of nitrogens with zero attached hydrogens (tertiary/aromatic N) is 2. The average Bonchev–Trinajstić information content (AvgIpc) is 2.16. The Morgan fingerprint density at radius 2 is 2.07 bits per heavy atom. The van der Waals surface area contributed by atoms with Crippen molar-refractivity contribution in [3.05, 3.63) is 46.0 Å². The second-order valence-electron chi connectivity index (χ2n) is 3.45. The first kappa shape index (κ1) is 9.58. The molecule has 0 spiro atoms. The van der Waals surface area contributed by atoms with Crippen LogP contribution in [0.3, 0.4) is 0 Å². The summed E-state index contributed by atoms with van der Waals surface area (Å²) in [6.07, 6.45) is 1.70. The Balaban J connectivity index is 2.59. The van der Waals surface area contributed by atoms with Crippen molar-refractivity contribution in [2.45, 2.75) is 13.8 Å². The van der Waals surface area contributed by atoms with Gasteiger partial charge in [0, 0.05) is 18.0 Å². The maximum absolute atomic E-state index is 11.2. The molecule has 0 atom stereocenters. The highest BCUT2D eigenvalue weighted by molar-refractivity contribution is 5.49. The molecule has 0 fully saturated rings. The van der Waals surface area contributed by atoms with Gasteiger partial charge < -0.3 is 4.98 Å². The second-order valence-corrected chi connectivity index (χ2v) is 3.45. The van der Waals surface area contributed by atoms with Crippen LogP contribution in [0, 0.1) is 13.8 Å². The zero-order valence-electron chi connectivity index (χ0n) is 8.61. The summed E-state index contributed by atoms with van der Waals surface area (Å²) < 4.78 is 0. The number of aromatic amines is 1. The molecule has 15 heavy (non-hydrogen) atoms. The third-order valence-corrected chi connectivity index (χ3v) is 2.03. The molecule has 0 saturated heterocycles. The smallest absolute Gasteiger partial charge is 0.251 e. The molecule has 2 aromatic heterocycles. The molecule has 0 saturated carbocycles.